The number of ether oxygens (including phenoxy) is 1. The maximum atomic E-state index is 12.9. The van der Waals surface area contributed by atoms with Crippen LogP contribution in [0.3, 0.4) is 0 Å². The zero-order chi connectivity index (χ0) is 16.3. The minimum Gasteiger partial charge on any atom is -0.496 e. The van der Waals surface area contributed by atoms with Crippen molar-refractivity contribution in [3.05, 3.63) is 29.3 Å². The van der Waals surface area contributed by atoms with Crippen LogP contribution in [0.2, 0.25) is 0 Å². The normalized spacial score (nSPS) is 19.9. The van der Waals surface area contributed by atoms with Crippen LogP contribution in [0.25, 0.3) is 0 Å². The molecular weight excluding hydrogens is 302 g/mol. The third kappa shape index (κ3) is 3.43. The molecule has 122 valence electrons. The van der Waals surface area contributed by atoms with Crippen molar-refractivity contribution in [1.29, 1.82) is 0 Å². The molecule has 1 aromatic rings. The first-order chi connectivity index (χ1) is 10.4. The van der Waals surface area contributed by atoms with Crippen LogP contribution in [0, 0.1) is 0 Å². The number of nitrogens with zero attached hydrogens (tertiary/aromatic N) is 1. The summed E-state index contributed by atoms with van der Waals surface area (Å²) < 4.78 is 28.7. The van der Waals surface area contributed by atoms with Crippen LogP contribution in [0.15, 0.2) is 18.2 Å². The topological polar surface area (TPSA) is 63.7 Å². The lowest BCUT2D eigenvalue weighted by Gasteiger charge is -2.27. The quantitative estimate of drug-likeness (QED) is 0.829. The molecule has 0 saturated carbocycles. The molecule has 1 atom stereocenters. The molecule has 1 aliphatic rings. The van der Waals surface area contributed by atoms with E-state index in [4.69, 9.17) is 4.74 Å². The van der Waals surface area contributed by atoms with Crippen LogP contribution in [0.1, 0.15) is 36.2 Å². The second-order valence-corrected chi connectivity index (χ2v) is 7.76. The van der Waals surface area contributed by atoms with E-state index >= 15 is 0 Å². The predicted molar refractivity (Wildman–Crippen MR) is 86.1 cm³/mol. The summed E-state index contributed by atoms with van der Waals surface area (Å²) in [4.78, 5) is 14.5. The minimum absolute atomic E-state index is 0.0579. The van der Waals surface area contributed by atoms with Gasteiger partial charge in [-0.3, -0.25) is 4.79 Å². The molecule has 0 spiro atoms. The molecule has 1 aromatic carbocycles. The van der Waals surface area contributed by atoms with E-state index in [0.717, 1.165) is 12.0 Å². The van der Waals surface area contributed by atoms with Crippen molar-refractivity contribution in [2.75, 3.05) is 25.2 Å². The number of aryl methyl sites for hydroxylation is 1. The maximum absolute atomic E-state index is 12.9. The number of hydrogen-bond donors (Lipinski definition) is 0. The summed E-state index contributed by atoms with van der Waals surface area (Å²) in [5.41, 5.74) is 1.56. The van der Waals surface area contributed by atoms with Gasteiger partial charge in [0.2, 0.25) is 0 Å². The zero-order valence-electron chi connectivity index (χ0n) is 13.3. The van der Waals surface area contributed by atoms with Crippen molar-refractivity contribution in [3.63, 3.8) is 0 Å². The third-order valence-electron chi connectivity index (χ3n) is 4.15. The molecule has 1 amide bonds. The van der Waals surface area contributed by atoms with E-state index in [-0.39, 0.29) is 23.5 Å². The maximum Gasteiger partial charge on any atom is 0.257 e. The fraction of sp³-hybridized carbons (Fsp3) is 0.562. The van der Waals surface area contributed by atoms with Gasteiger partial charge in [0.25, 0.3) is 5.91 Å². The summed E-state index contributed by atoms with van der Waals surface area (Å²) in [6.07, 6.45) is 1.34. The largest absolute Gasteiger partial charge is 0.496 e. The molecule has 1 unspecified atom stereocenters. The van der Waals surface area contributed by atoms with Gasteiger partial charge in [-0.15, -0.1) is 0 Å². The molecule has 1 aliphatic heterocycles. The average Bonchev–Trinajstić information content (AvgIpc) is 2.87. The Kier molecular flexibility index (Phi) is 5.11. The summed E-state index contributed by atoms with van der Waals surface area (Å²) in [5, 5.41) is 0. The Balaban J connectivity index is 2.32. The highest BCUT2D eigenvalue weighted by molar-refractivity contribution is 7.91. The summed E-state index contributed by atoms with van der Waals surface area (Å²) in [6, 6.07) is 5.34. The molecule has 5 nitrogen and oxygen atoms in total. The Bertz CT molecular complexity index is 654. The Morgan fingerprint density at radius 3 is 2.59 bits per heavy atom. The van der Waals surface area contributed by atoms with Crippen molar-refractivity contribution in [2.45, 2.75) is 32.7 Å². The average molecular weight is 325 g/mol. The van der Waals surface area contributed by atoms with E-state index in [2.05, 4.69) is 0 Å². The van der Waals surface area contributed by atoms with Gasteiger partial charge in [0.05, 0.1) is 24.2 Å². The first-order valence-electron chi connectivity index (χ1n) is 7.60. The van der Waals surface area contributed by atoms with Gasteiger partial charge in [-0.1, -0.05) is 13.0 Å². The van der Waals surface area contributed by atoms with Crippen molar-refractivity contribution < 1.29 is 17.9 Å². The first kappa shape index (κ1) is 16.8. The van der Waals surface area contributed by atoms with Crippen molar-refractivity contribution in [2.24, 2.45) is 0 Å². The third-order valence-corrected chi connectivity index (χ3v) is 5.90. The lowest BCUT2D eigenvalue weighted by Crippen LogP contribution is -2.41. The second-order valence-electron chi connectivity index (χ2n) is 5.54. The molecule has 22 heavy (non-hydrogen) atoms. The number of rotatable bonds is 5. The lowest BCUT2D eigenvalue weighted by atomic mass is 10.1. The molecule has 2 rings (SSSR count). The van der Waals surface area contributed by atoms with Gasteiger partial charge in [-0.25, -0.2) is 8.42 Å². The van der Waals surface area contributed by atoms with Crippen LogP contribution >= 0.6 is 0 Å². The molecule has 0 radical (unpaired) electrons. The van der Waals surface area contributed by atoms with E-state index in [0.29, 0.717) is 24.3 Å². The van der Waals surface area contributed by atoms with Crippen molar-refractivity contribution in [3.8, 4) is 5.75 Å². The molecular formula is C16H23NO4S. The van der Waals surface area contributed by atoms with E-state index < -0.39 is 9.84 Å². The van der Waals surface area contributed by atoms with E-state index in [1.165, 1.54) is 7.11 Å². The number of hydrogen-bond acceptors (Lipinski definition) is 4. The zero-order valence-corrected chi connectivity index (χ0v) is 14.1. The van der Waals surface area contributed by atoms with Crippen LogP contribution in [0.4, 0.5) is 0 Å². The smallest absolute Gasteiger partial charge is 0.257 e. The number of sulfone groups is 1. The summed E-state index contributed by atoms with van der Waals surface area (Å²) in [7, 11) is -1.48. The van der Waals surface area contributed by atoms with Crippen molar-refractivity contribution in [1.82, 2.24) is 4.90 Å². The fourth-order valence-corrected chi connectivity index (χ4v) is 4.62. The number of carbonyl (C=O) groups excluding carboxylic acids is 1. The highest BCUT2D eigenvalue weighted by Crippen LogP contribution is 2.25. The minimum atomic E-state index is -3.02. The Labute approximate surface area is 132 Å². The van der Waals surface area contributed by atoms with Gasteiger partial charge in [-0.2, -0.15) is 0 Å². The van der Waals surface area contributed by atoms with Crippen LogP contribution < -0.4 is 4.74 Å². The molecule has 0 N–H and O–H groups in total. The van der Waals surface area contributed by atoms with Gasteiger partial charge in [0, 0.05) is 12.6 Å². The Morgan fingerprint density at radius 2 is 2.09 bits per heavy atom. The Hall–Kier alpha value is -1.56. The molecule has 0 aliphatic carbocycles. The van der Waals surface area contributed by atoms with Gasteiger partial charge in [-0.05, 0) is 37.5 Å². The standard InChI is InChI=1S/C16H23NO4S/c1-4-12-6-7-15(21-3)14(10-12)16(18)17(5-2)13-8-9-22(19,20)11-13/h6-7,10,13H,4-5,8-9,11H2,1-3H3. The Morgan fingerprint density at radius 1 is 1.36 bits per heavy atom. The molecule has 1 heterocycles. The van der Waals surface area contributed by atoms with Crippen LogP contribution in [0.5, 0.6) is 5.75 Å². The summed E-state index contributed by atoms with van der Waals surface area (Å²) in [5.74, 6) is 0.592. The number of amides is 1. The SMILES string of the molecule is CCc1ccc(OC)c(C(=O)N(CC)C2CCS(=O)(=O)C2)c1. The first-order valence-corrected chi connectivity index (χ1v) is 9.42. The monoisotopic (exact) mass is 325 g/mol. The van der Waals surface area contributed by atoms with E-state index in [1.54, 1.807) is 11.0 Å². The highest BCUT2D eigenvalue weighted by atomic mass is 32.2. The van der Waals surface area contributed by atoms with Crippen LogP contribution in [-0.2, 0) is 16.3 Å². The second kappa shape index (κ2) is 6.69. The van der Waals surface area contributed by atoms with E-state index in [9.17, 15) is 13.2 Å². The van der Waals surface area contributed by atoms with Gasteiger partial charge in [0.1, 0.15) is 5.75 Å². The van der Waals surface area contributed by atoms with Gasteiger partial charge < -0.3 is 9.64 Å². The molecule has 1 fully saturated rings. The van der Waals surface area contributed by atoms with Gasteiger partial charge >= 0.3 is 0 Å². The number of methoxy groups -OCH3 is 1. The molecule has 1 saturated heterocycles. The molecule has 0 bridgehead atoms. The fourth-order valence-electron chi connectivity index (χ4n) is 2.89. The van der Waals surface area contributed by atoms with Crippen molar-refractivity contribution >= 4 is 15.7 Å². The number of carbonyl (C=O) groups is 1. The summed E-state index contributed by atoms with van der Waals surface area (Å²) in [6.45, 7) is 4.38. The predicted octanol–water partition coefficient (Wildman–Crippen LogP) is 1.91. The van der Waals surface area contributed by atoms with E-state index in [1.807, 2.05) is 26.0 Å². The molecule has 6 heteroatoms. The number of benzene rings is 1. The summed E-state index contributed by atoms with van der Waals surface area (Å²) >= 11 is 0. The van der Waals surface area contributed by atoms with Crippen LogP contribution in [-0.4, -0.2) is 50.4 Å². The van der Waals surface area contributed by atoms with Gasteiger partial charge in [0.15, 0.2) is 9.84 Å². The highest BCUT2D eigenvalue weighted by Gasteiger charge is 2.34. The molecule has 0 aromatic heterocycles. The lowest BCUT2D eigenvalue weighted by molar-refractivity contribution is 0.0705.